The number of halogens is 4. The molecule has 1 aromatic carbocycles. The van der Waals surface area contributed by atoms with Crippen LogP contribution in [0.3, 0.4) is 0 Å². The molecule has 2 aromatic rings. The first-order valence-electron chi connectivity index (χ1n) is 7.52. The van der Waals surface area contributed by atoms with E-state index in [1.807, 2.05) is 13.0 Å². The van der Waals surface area contributed by atoms with Crippen LogP contribution < -0.4 is 5.73 Å². The van der Waals surface area contributed by atoms with Crippen molar-refractivity contribution in [2.24, 2.45) is 10.7 Å². The Bertz CT molecular complexity index is 763. The van der Waals surface area contributed by atoms with Crippen LogP contribution in [0.25, 0.3) is 5.73 Å². The molecule has 1 aliphatic rings. The van der Waals surface area contributed by atoms with Crippen molar-refractivity contribution in [1.82, 2.24) is 4.98 Å². The van der Waals surface area contributed by atoms with E-state index in [4.69, 9.17) is 16.2 Å². The molecule has 0 saturated heterocycles. The van der Waals surface area contributed by atoms with Crippen molar-refractivity contribution >= 4 is 27.5 Å². The van der Waals surface area contributed by atoms with Crippen LogP contribution in [0.2, 0.25) is 0 Å². The number of nitrogens with two attached hydrogens (primary N) is 1. The van der Waals surface area contributed by atoms with Gasteiger partial charge < -0.3 is 16.2 Å². The standard InChI is InChI=1S/C11H13BrN3O.C6H4F3N/c1-11(6-16-5-10(14)15-11)7-2-8(12)4-9(13)3-7;7-6(8,9)5-2-1-3-10-4-5/h2-4,13H,5-6H2,1H3,(H2,14,15);1-4H/q-1;/t11-;/m0./s1. The molecule has 140 valence electrons. The zero-order chi connectivity index (χ0) is 19.4. The maximum absolute atomic E-state index is 11.7. The third-order valence-electron chi connectivity index (χ3n) is 3.53. The van der Waals surface area contributed by atoms with Gasteiger partial charge in [-0.1, -0.05) is 28.1 Å². The van der Waals surface area contributed by atoms with Crippen LogP contribution in [0.1, 0.15) is 18.1 Å². The fourth-order valence-corrected chi connectivity index (χ4v) is 2.81. The van der Waals surface area contributed by atoms with Gasteiger partial charge in [0.1, 0.15) is 18.0 Å². The van der Waals surface area contributed by atoms with E-state index in [1.54, 1.807) is 12.1 Å². The second kappa shape index (κ2) is 8.05. The highest BCUT2D eigenvalue weighted by molar-refractivity contribution is 9.10. The highest BCUT2D eigenvalue weighted by atomic mass is 79.9. The summed E-state index contributed by atoms with van der Waals surface area (Å²) in [6.45, 7) is 2.83. The fourth-order valence-electron chi connectivity index (χ4n) is 2.31. The largest absolute Gasteiger partial charge is 0.699 e. The third kappa shape index (κ3) is 5.43. The van der Waals surface area contributed by atoms with E-state index in [2.05, 4.69) is 25.9 Å². The number of aliphatic imine (C=N–C) groups is 1. The topological polar surface area (TPSA) is 84.3 Å². The molecule has 0 aliphatic carbocycles. The Morgan fingerprint density at radius 2 is 2.04 bits per heavy atom. The van der Waals surface area contributed by atoms with Crippen LogP contribution in [0.15, 0.2) is 52.2 Å². The number of benzene rings is 1. The van der Waals surface area contributed by atoms with E-state index in [1.165, 1.54) is 12.3 Å². The molecule has 0 spiro atoms. The summed E-state index contributed by atoms with van der Waals surface area (Å²) in [5, 5.41) is 0. The van der Waals surface area contributed by atoms with Crippen LogP contribution in [-0.2, 0) is 16.5 Å². The number of alkyl halides is 3. The predicted octanol–water partition coefficient (Wildman–Crippen LogP) is 4.84. The maximum atomic E-state index is 11.7. The molecule has 0 saturated carbocycles. The summed E-state index contributed by atoms with van der Waals surface area (Å²) in [7, 11) is 0. The molecule has 0 radical (unpaired) electrons. The summed E-state index contributed by atoms with van der Waals surface area (Å²) < 4.78 is 41.5. The molecular formula is C17H17BrF3N4O-. The van der Waals surface area contributed by atoms with E-state index in [0.717, 1.165) is 22.3 Å². The van der Waals surface area contributed by atoms with Crippen molar-refractivity contribution in [3.8, 4) is 0 Å². The minimum Gasteiger partial charge on any atom is -0.699 e. The molecule has 0 fully saturated rings. The average molecular weight is 430 g/mol. The highest BCUT2D eigenvalue weighted by Gasteiger charge is 2.30. The third-order valence-corrected chi connectivity index (χ3v) is 3.99. The van der Waals surface area contributed by atoms with Crippen molar-refractivity contribution in [3.05, 3.63) is 64.1 Å². The van der Waals surface area contributed by atoms with Crippen molar-refractivity contribution in [1.29, 1.82) is 0 Å². The van der Waals surface area contributed by atoms with Crippen LogP contribution in [-0.4, -0.2) is 24.0 Å². The summed E-state index contributed by atoms with van der Waals surface area (Å²) in [5.74, 6) is 0.500. The van der Waals surface area contributed by atoms with Crippen molar-refractivity contribution in [2.45, 2.75) is 18.6 Å². The van der Waals surface area contributed by atoms with Gasteiger partial charge in [-0.25, -0.2) is 0 Å². The Morgan fingerprint density at radius 3 is 2.54 bits per heavy atom. The lowest BCUT2D eigenvalue weighted by Gasteiger charge is -2.31. The molecule has 5 nitrogen and oxygen atoms in total. The molecular weight excluding hydrogens is 413 g/mol. The number of hydrogen-bond donors (Lipinski definition) is 1. The Balaban J connectivity index is 0.000000209. The zero-order valence-electron chi connectivity index (χ0n) is 13.8. The number of nitrogens with zero attached hydrogens (tertiary/aromatic N) is 2. The Hall–Kier alpha value is -2.13. The number of rotatable bonds is 1. The molecule has 26 heavy (non-hydrogen) atoms. The second-order valence-corrected chi connectivity index (χ2v) is 6.75. The lowest BCUT2D eigenvalue weighted by Crippen LogP contribution is -2.37. The van der Waals surface area contributed by atoms with Gasteiger partial charge in [0.15, 0.2) is 0 Å². The van der Waals surface area contributed by atoms with E-state index in [-0.39, 0.29) is 0 Å². The molecule has 1 aromatic heterocycles. The first-order chi connectivity index (χ1) is 12.1. The van der Waals surface area contributed by atoms with Gasteiger partial charge in [-0.3, -0.25) is 9.98 Å². The Labute approximate surface area is 157 Å². The molecule has 0 bridgehead atoms. The summed E-state index contributed by atoms with van der Waals surface area (Å²) in [5.41, 5.74) is 13.6. The average Bonchev–Trinajstić information content (AvgIpc) is 2.54. The molecule has 9 heteroatoms. The Kier molecular flexibility index (Phi) is 6.25. The summed E-state index contributed by atoms with van der Waals surface area (Å²) >= 11 is 3.38. The number of ether oxygens (including phenoxy) is 1. The Morgan fingerprint density at radius 1 is 1.31 bits per heavy atom. The highest BCUT2D eigenvalue weighted by Crippen LogP contribution is 2.33. The quantitative estimate of drug-likeness (QED) is 0.703. The van der Waals surface area contributed by atoms with Gasteiger partial charge >= 0.3 is 6.18 Å². The minimum atomic E-state index is -4.27. The van der Waals surface area contributed by atoms with Gasteiger partial charge in [-0.15, -0.1) is 5.69 Å². The van der Waals surface area contributed by atoms with Crippen LogP contribution in [0, 0.1) is 0 Å². The summed E-state index contributed by atoms with van der Waals surface area (Å²) in [4.78, 5) is 7.76. The van der Waals surface area contributed by atoms with Gasteiger partial charge in [-0.2, -0.15) is 13.2 Å². The smallest absolute Gasteiger partial charge is 0.417 e. The van der Waals surface area contributed by atoms with Gasteiger partial charge in [-0.05, 0) is 30.7 Å². The van der Waals surface area contributed by atoms with Gasteiger partial charge in [0.05, 0.1) is 12.2 Å². The van der Waals surface area contributed by atoms with E-state index in [9.17, 15) is 13.2 Å². The van der Waals surface area contributed by atoms with E-state index >= 15 is 0 Å². The van der Waals surface area contributed by atoms with Crippen molar-refractivity contribution < 1.29 is 17.9 Å². The summed E-state index contributed by atoms with van der Waals surface area (Å²) in [6.07, 6.45) is -2.18. The number of hydrogen-bond acceptors (Lipinski definition) is 4. The number of pyridine rings is 1. The van der Waals surface area contributed by atoms with Crippen molar-refractivity contribution in [2.75, 3.05) is 13.2 Å². The lowest BCUT2D eigenvalue weighted by molar-refractivity contribution is -0.137. The van der Waals surface area contributed by atoms with E-state index in [0.29, 0.717) is 24.7 Å². The van der Waals surface area contributed by atoms with Crippen LogP contribution in [0.5, 0.6) is 0 Å². The second-order valence-electron chi connectivity index (χ2n) is 5.84. The first-order valence-corrected chi connectivity index (χ1v) is 8.31. The number of amidine groups is 1. The number of aromatic nitrogens is 1. The predicted molar refractivity (Wildman–Crippen MR) is 97.2 cm³/mol. The zero-order valence-corrected chi connectivity index (χ0v) is 15.4. The molecule has 3 rings (SSSR count). The molecule has 0 amide bonds. The lowest BCUT2D eigenvalue weighted by atomic mass is 9.92. The molecule has 3 N–H and O–H groups in total. The van der Waals surface area contributed by atoms with Crippen molar-refractivity contribution in [3.63, 3.8) is 0 Å². The van der Waals surface area contributed by atoms with Gasteiger partial charge in [0.2, 0.25) is 0 Å². The van der Waals surface area contributed by atoms with Gasteiger partial charge in [0.25, 0.3) is 0 Å². The first kappa shape index (κ1) is 20.2. The van der Waals surface area contributed by atoms with Crippen LogP contribution >= 0.6 is 15.9 Å². The maximum Gasteiger partial charge on any atom is 0.417 e. The molecule has 0 unspecified atom stereocenters. The van der Waals surface area contributed by atoms with Gasteiger partial charge in [0, 0.05) is 16.9 Å². The van der Waals surface area contributed by atoms with E-state index < -0.39 is 17.3 Å². The summed E-state index contributed by atoms with van der Waals surface area (Å²) in [6, 6.07) is 7.71. The molecule has 1 atom stereocenters. The molecule has 2 heterocycles. The minimum absolute atomic E-state index is 0.386. The number of nitrogens with one attached hydrogen (secondary N) is 1. The molecule has 1 aliphatic heterocycles. The SMILES string of the molecule is C[C@@]1(c2cc([NH-])cc(Br)c2)COCC(N)=N1.FC(F)(F)c1cccnc1. The van der Waals surface area contributed by atoms with Crippen LogP contribution in [0.4, 0.5) is 18.9 Å². The fraction of sp³-hybridized carbons (Fsp3) is 0.294. The normalized spacial score (nSPS) is 20.0. The monoisotopic (exact) mass is 429 g/mol.